The van der Waals surface area contributed by atoms with E-state index >= 15 is 0 Å². The molecule has 1 aromatic carbocycles. The summed E-state index contributed by atoms with van der Waals surface area (Å²) in [6, 6.07) is 7.63. The van der Waals surface area contributed by atoms with Crippen LogP contribution in [0.2, 0.25) is 0 Å². The fourth-order valence-electron chi connectivity index (χ4n) is 4.00. The summed E-state index contributed by atoms with van der Waals surface area (Å²) >= 11 is 0. The molecule has 2 aromatic heterocycles. The van der Waals surface area contributed by atoms with Crippen molar-refractivity contribution in [2.75, 3.05) is 6.54 Å². The molecule has 3 aromatic rings. The first-order valence-electron chi connectivity index (χ1n) is 10.7. The maximum atomic E-state index is 13.0. The first-order chi connectivity index (χ1) is 15.6. The number of nitrogens with zero attached hydrogens (tertiary/aromatic N) is 4. The molecular weight excluding hydrogens is 429 g/mol. The van der Waals surface area contributed by atoms with Crippen molar-refractivity contribution in [3.63, 3.8) is 0 Å². The highest BCUT2D eigenvalue weighted by atomic mass is 19.1. The molecule has 0 atom stereocenters. The number of aromatic hydroxyl groups is 1. The fourth-order valence-corrected chi connectivity index (χ4v) is 4.00. The lowest BCUT2D eigenvalue weighted by Gasteiger charge is -2.42. The quantitative estimate of drug-likeness (QED) is 0.584. The smallest absolute Gasteiger partial charge is 0.296 e. The molecule has 4 rings (SSSR count). The van der Waals surface area contributed by atoms with Gasteiger partial charge in [0, 0.05) is 25.7 Å². The molecule has 0 saturated heterocycles. The number of hydrogen-bond acceptors (Lipinski definition) is 7. The Balaban J connectivity index is 1.54. The number of carbonyl (C=O) groups excluding carboxylic acids is 1. The molecule has 0 spiro atoms. The van der Waals surface area contributed by atoms with E-state index in [0.717, 1.165) is 11.3 Å². The third-order valence-corrected chi connectivity index (χ3v) is 5.90. The van der Waals surface area contributed by atoms with Crippen LogP contribution in [0, 0.1) is 12.7 Å². The highest BCUT2D eigenvalue weighted by Crippen LogP contribution is 2.32. The molecule has 0 saturated carbocycles. The highest BCUT2D eigenvalue weighted by Gasteiger charge is 2.38. The second-order valence-corrected chi connectivity index (χ2v) is 8.68. The Labute approximate surface area is 189 Å². The zero-order valence-corrected chi connectivity index (χ0v) is 18.8. The van der Waals surface area contributed by atoms with E-state index in [4.69, 9.17) is 4.52 Å². The molecule has 2 N–H and O–H groups in total. The third kappa shape index (κ3) is 4.65. The lowest BCUT2D eigenvalue weighted by molar-refractivity contribution is -0.120. The maximum Gasteiger partial charge on any atom is 0.296 e. The minimum atomic E-state index is -0.662. The minimum absolute atomic E-state index is 0.0216. The average molecular weight is 455 g/mol. The van der Waals surface area contributed by atoms with Gasteiger partial charge in [-0.15, -0.1) is 0 Å². The van der Waals surface area contributed by atoms with Crippen molar-refractivity contribution < 1.29 is 18.8 Å². The molecular formula is C23H26FN5O4. The number of aryl methyl sites for hydroxylation is 1. The maximum absolute atomic E-state index is 13.0. The predicted octanol–water partition coefficient (Wildman–Crippen LogP) is 1.99. The van der Waals surface area contributed by atoms with E-state index in [9.17, 15) is 19.1 Å². The molecule has 0 fully saturated rings. The SMILES string of the molecule is Cc1cc(CN2CCn3c(nc(CC(=O)NCc4ccc(F)cc4)c(O)c3=O)C2(C)C)on1. The van der Waals surface area contributed by atoms with Crippen molar-refractivity contribution in [2.24, 2.45) is 0 Å². The number of rotatable bonds is 6. The van der Waals surface area contributed by atoms with Gasteiger partial charge in [0.05, 0.1) is 29.9 Å². The average Bonchev–Trinajstić information content (AvgIpc) is 3.18. The Bertz CT molecular complexity index is 1230. The zero-order valence-electron chi connectivity index (χ0n) is 18.8. The van der Waals surface area contributed by atoms with E-state index < -0.39 is 22.8 Å². The van der Waals surface area contributed by atoms with Crippen molar-refractivity contribution in [3.8, 4) is 5.75 Å². The van der Waals surface area contributed by atoms with E-state index in [1.807, 2.05) is 26.8 Å². The van der Waals surface area contributed by atoms with E-state index in [1.54, 1.807) is 12.1 Å². The molecule has 1 amide bonds. The Morgan fingerprint density at radius 3 is 2.67 bits per heavy atom. The van der Waals surface area contributed by atoms with Gasteiger partial charge >= 0.3 is 0 Å². The van der Waals surface area contributed by atoms with E-state index in [0.29, 0.717) is 31.2 Å². The summed E-state index contributed by atoms with van der Waals surface area (Å²) in [6.45, 7) is 7.30. The molecule has 174 valence electrons. The molecule has 33 heavy (non-hydrogen) atoms. The Morgan fingerprint density at radius 1 is 1.27 bits per heavy atom. The van der Waals surface area contributed by atoms with E-state index in [1.165, 1.54) is 16.7 Å². The summed E-state index contributed by atoms with van der Waals surface area (Å²) in [5.74, 6) is -0.117. The van der Waals surface area contributed by atoms with Crippen molar-refractivity contribution in [3.05, 3.63) is 75.0 Å². The summed E-state index contributed by atoms with van der Waals surface area (Å²) in [4.78, 5) is 32.0. The van der Waals surface area contributed by atoms with Crippen LogP contribution in [0.15, 0.2) is 39.6 Å². The van der Waals surface area contributed by atoms with Gasteiger partial charge in [0.15, 0.2) is 5.76 Å². The van der Waals surface area contributed by atoms with Crippen LogP contribution in [-0.2, 0) is 36.4 Å². The number of benzene rings is 1. The van der Waals surface area contributed by atoms with Crippen LogP contribution in [0.25, 0.3) is 0 Å². The monoisotopic (exact) mass is 455 g/mol. The first-order valence-corrected chi connectivity index (χ1v) is 10.7. The lowest BCUT2D eigenvalue weighted by atomic mass is 9.97. The molecule has 0 radical (unpaired) electrons. The van der Waals surface area contributed by atoms with Crippen molar-refractivity contribution in [2.45, 2.75) is 52.4 Å². The molecule has 1 aliphatic rings. The molecule has 0 unspecified atom stereocenters. The normalized spacial score (nSPS) is 15.3. The van der Waals surface area contributed by atoms with Crippen molar-refractivity contribution in [1.29, 1.82) is 0 Å². The Kier molecular flexibility index (Phi) is 6.03. The summed E-state index contributed by atoms with van der Waals surface area (Å²) in [6.07, 6.45) is -0.256. The van der Waals surface area contributed by atoms with Crippen LogP contribution in [0.1, 0.15) is 42.4 Å². The molecule has 10 heteroatoms. The van der Waals surface area contributed by atoms with Gasteiger partial charge in [0.2, 0.25) is 11.7 Å². The van der Waals surface area contributed by atoms with Gasteiger partial charge < -0.3 is 14.9 Å². The second kappa shape index (κ2) is 8.78. The first kappa shape index (κ1) is 22.7. The number of halogens is 1. The number of fused-ring (bicyclic) bond motifs is 1. The fraction of sp³-hybridized carbons (Fsp3) is 0.391. The van der Waals surface area contributed by atoms with Crippen molar-refractivity contribution in [1.82, 2.24) is 24.9 Å². The van der Waals surface area contributed by atoms with Gasteiger partial charge in [-0.25, -0.2) is 9.37 Å². The molecule has 0 aliphatic carbocycles. The van der Waals surface area contributed by atoms with Crippen LogP contribution in [0.5, 0.6) is 5.75 Å². The Morgan fingerprint density at radius 2 is 2.00 bits per heavy atom. The minimum Gasteiger partial charge on any atom is -0.502 e. The third-order valence-electron chi connectivity index (χ3n) is 5.90. The van der Waals surface area contributed by atoms with Crippen LogP contribution in [-0.4, -0.2) is 37.2 Å². The standard InChI is InChI=1S/C23H26FN5O4/c1-14-10-17(33-27-14)13-28-8-9-29-21(32)20(31)18(26-22(29)23(28,2)3)11-19(30)25-12-15-4-6-16(24)7-5-15/h4-7,10,31H,8-9,11-13H2,1-3H3,(H,25,30). The second-order valence-electron chi connectivity index (χ2n) is 8.68. The molecule has 9 nitrogen and oxygen atoms in total. The number of hydrogen-bond donors (Lipinski definition) is 2. The van der Waals surface area contributed by atoms with E-state index in [-0.39, 0.29) is 24.5 Å². The van der Waals surface area contributed by atoms with Gasteiger partial charge in [-0.3, -0.25) is 19.1 Å². The van der Waals surface area contributed by atoms with Crippen LogP contribution >= 0.6 is 0 Å². The highest BCUT2D eigenvalue weighted by molar-refractivity contribution is 5.78. The van der Waals surface area contributed by atoms with Crippen LogP contribution in [0.4, 0.5) is 4.39 Å². The van der Waals surface area contributed by atoms with Crippen LogP contribution in [0.3, 0.4) is 0 Å². The lowest BCUT2D eigenvalue weighted by Crippen LogP contribution is -2.52. The van der Waals surface area contributed by atoms with Gasteiger partial charge in [0.25, 0.3) is 5.56 Å². The summed E-state index contributed by atoms with van der Waals surface area (Å²) in [7, 11) is 0. The predicted molar refractivity (Wildman–Crippen MR) is 117 cm³/mol. The van der Waals surface area contributed by atoms with Crippen molar-refractivity contribution >= 4 is 5.91 Å². The van der Waals surface area contributed by atoms with Gasteiger partial charge in [-0.2, -0.15) is 0 Å². The summed E-state index contributed by atoms with van der Waals surface area (Å²) < 4.78 is 19.8. The number of nitrogens with one attached hydrogen (secondary N) is 1. The zero-order chi connectivity index (χ0) is 23.8. The molecule has 1 aliphatic heterocycles. The van der Waals surface area contributed by atoms with E-state index in [2.05, 4.69) is 20.4 Å². The molecule has 0 bridgehead atoms. The number of carbonyl (C=O) groups is 1. The summed E-state index contributed by atoms with van der Waals surface area (Å²) in [5.41, 5.74) is 0.309. The van der Waals surface area contributed by atoms with Gasteiger partial charge in [0.1, 0.15) is 11.6 Å². The topological polar surface area (TPSA) is 113 Å². The Hall–Kier alpha value is -3.53. The van der Waals surface area contributed by atoms with Gasteiger partial charge in [-0.1, -0.05) is 17.3 Å². The largest absolute Gasteiger partial charge is 0.502 e. The number of aromatic nitrogens is 3. The van der Waals surface area contributed by atoms with Crippen LogP contribution < -0.4 is 10.9 Å². The number of amides is 1. The van der Waals surface area contributed by atoms with Gasteiger partial charge in [-0.05, 0) is 38.5 Å². The molecule has 3 heterocycles. The summed E-state index contributed by atoms with van der Waals surface area (Å²) in [5, 5.41) is 17.1.